The number of ether oxygens (including phenoxy) is 1. The molecular weight excluding hydrogens is 459 g/mol. The number of alkyl halides is 3. The van der Waals surface area contributed by atoms with Gasteiger partial charge in [0, 0.05) is 39.1 Å². The van der Waals surface area contributed by atoms with Crippen molar-refractivity contribution >= 4 is 15.9 Å². The molecule has 0 spiro atoms. The number of benzene rings is 1. The number of hydrogen-bond acceptors (Lipinski definition) is 5. The number of nitrogens with one attached hydrogen (secondary N) is 1. The van der Waals surface area contributed by atoms with E-state index in [1.54, 1.807) is 4.90 Å². The van der Waals surface area contributed by atoms with E-state index >= 15 is 0 Å². The number of halogens is 3. The van der Waals surface area contributed by atoms with Crippen molar-refractivity contribution in [1.82, 2.24) is 14.5 Å². The Morgan fingerprint density at radius 1 is 1.00 bits per heavy atom. The van der Waals surface area contributed by atoms with Crippen LogP contribution in [0.1, 0.15) is 44.9 Å². The van der Waals surface area contributed by atoms with Crippen molar-refractivity contribution in [2.45, 2.75) is 56.2 Å². The van der Waals surface area contributed by atoms with Crippen molar-refractivity contribution in [3.63, 3.8) is 0 Å². The van der Waals surface area contributed by atoms with E-state index in [4.69, 9.17) is 0 Å². The molecule has 1 saturated heterocycles. The normalized spacial score (nSPS) is 19.3. The maximum Gasteiger partial charge on any atom is 0.573 e. The number of carbonyl (C=O) groups excluding carboxylic acids is 1. The van der Waals surface area contributed by atoms with E-state index in [1.807, 2.05) is 0 Å². The van der Waals surface area contributed by atoms with Gasteiger partial charge in [-0.15, -0.1) is 13.2 Å². The maximum atomic E-state index is 12.6. The van der Waals surface area contributed by atoms with Gasteiger partial charge < -0.3 is 14.5 Å². The zero-order chi connectivity index (χ0) is 23.9. The fourth-order valence-electron chi connectivity index (χ4n) is 4.49. The van der Waals surface area contributed by atoms with Crippen LogP contribution in [0.15, 0.2) is 29.2 Å². The van der Waals surface area contributed by atoms with Crippen molar-refractivity contribution in [2.75, 3.05) is 39.3 Å². The molecule has 1 amide bonds. The minimum absolute atomic E-state index is 0.0249. The summed E-state index contributed by atoms with van der Waals surface area (Å²) in [5.74, 6) is 0.144. The molecule has 1 heterocycles. The van der Waals surface area contributed by atoms with E-state index in [1.165, 1.54) is 32.1 Å². The number of carbonyl (C=O) groups is 1. The molecule has 186 valence electrons. The van der Waals surface area contributed by atoms with Crippen LogP contribution in [0.3, 0.4) is 0 Å². The largest absolute Gasteiger partial charge is 0.573 e. The fourth-order valence-corrected chi connectivity index (χ4v) is 5.52. The average molecular weight is 492 g/mol. The topological polar surface area (TPSA) is 78.9 Å². The molecule has 11 heteroatoms. The first-order valence-corrected chi connectivity index (χ1v) is 13.0. The molecule has 1 N–H and O–H groups in total. The number of rotatable bonds is 8. The molecule has 0 atom stereocenters. The van der Waals surface area contributed by atoms with Crippen LogP contribution in [-0.2, 0) is 14.8 Å². The van der Waals surface area contributed by atoms with Gasteiger partial charge in [0.25, 0.3) is 0 Å². The molecule has 0 unspecified atom stereocenters. The Bertz CT molecular complexity index is 872. The molecule has 2 fully saturated rings. The van der Waals surface area contributed by atoms with Crippen LogP contribution in [0, 0.1) is 5.92 Å². The summed E-state index contributed by atoms with van der Waals surface area (Å²) in [6.07, 6.45) is 2.61. The Balaban J connectivity index is 1.42. The van der Waals surface area contributed by atoms with Gasteiger partial charge in [-0.25, -0.2) is 13.1 Å². The van der Waals surface area contributed by atoms with E-state index in [0.717, 1.165) is 56.2 Å². The van der Waals surface area contributed by atoms with E-state index in [-0.39, 0.29) is 23.8 Å². The lowest BCUT2D eigenvalue weighted by Crippen LogP contribution is -2.38. The second-order valence-electron chi connectivity index (χ2n) is 8.71. The zero-order valence-electron chi connectivity index (χ0n) is 18.6. The Kier molecular flexibility index (Phi) is 9.00. The van der Waals surface area contributed by atoms with E-state index in [9.17, 15) is 26.4 Å². The summed E-state index contributed by atoms with van der Waals surface area (Å²) in [5, 5.41) is 0. The number of nitrogens with zero attached hydrogens (tertiary/aromatic N) is 2. The molecule has 3 rings (SSSR count). The van der Waals surface area contributed by atoms with Gasteiger partial charge in [0.2, 0.25) is 15.9 Å². The third-order valence-electron chi connectivity index (χ3n) is 6.18. The third-order valence-corrected chi connectivity index (χ3v) is 7.66. The van der Waals surface area contributed by atoms with Crippen LogP contribution >= 0.6 is 0 Å². The van der Waals surface area contributed by atoms with E-state index in [2.05, 4.69) is 14.4 Å². The second kappa shape index (κ2) is 11.5. The molecule has 0 radical (unpaired) electrons. The van der Waals surface area contributed by atoms with Crippen LogP contribution < -0.4 is 9.46 Å². The summed E-state index contributed by atoms with van der Waals surface area (Å²) in [7, 11) is -3.95. The van der Waals surface area contributed by atoms with Gasteiger partial charge in [-0.2, -0.15) is 0 Å². The summed E-state index contributed by atoms with van der Waals surface area (Å²) >= 11 is 0. The van der Waals surface area contributed by atoms with E-state index < -0.39 is 22.1 Å². The lowest BCUT2D eigenvalue weighted by atomic mass is 9.89. The van der Waals surface area contributed by atoms with E-state index in [0.29, 0.717) is 13.1 Å². The van der Waals surface area contributed by atoms with Crippen LogP contribution in [0.2, 0.25) is 0 Å². The Labute approximate surface area is 193 Å². The highest BCUT2D eigenvalue weighted by atomic mass is 32.2. The maximum absolute atomic E-state index is 12.6. The quantitative estimate of drug-likeness (QED) is 0.603. The first-order chi connectivity index (χ1) is 15.6. The molecule has 7 nitrogen and oxygen atoms in total. The van der Waals surface area contributed by atoms with Crippen molar-refractivity contribution in [3.8, 4) is 5.75 Å². The minimum Gasteiger partial charge on any atom is -0.406 e. The van der Waals surface area contributed by atoms with Gasteiger partial charge in [0.05, 0.1) is 4.90 Å². The lowest BCUT2D eigenvalue weighted by molar-refractivity contribution is -0.274. The average Bonchev–Trinajstić information content (AvgIpc) is 2.99. The van der Waals surface area contributed by atoms with Gasteiger partial charge >= 0.3 is 6.36 Å². The molecule has 0 bridgehead atoms. The predicted octanol–water partition coefficient (Wildman–Crippen LogP) is 3.37. The summed E-state index contributed by atoms with van der Waals surface area (Å²) in [6.45, 7) is 4.12. The first-order valence-electron chi connectivity index (χ1n) is 11.5. The summed E-state index contributed by atoms with van der Waals surface area (Å²) in [6, 6.07) is 3.93. The number of amides is 1. The van der Waals surface area contributed by atoms with Crippen molar-refractivity contribution in [1.29, 1.82) is 0 Å². The van der Waals surface area contributed by atoms with Gasteiger partial charge in [-0.1, -0.05) is 19.3 Å². The second-order valence-corrected chi connectivity index (χ2v) is 10.5. The number of sulfonamides is 1. The summed E-state index contributed by atoms with van der Waals surface area (Å²) in [4.78, 5) is 16.6. The number of hydrogen-bond donors (Lipinski definition) is 1. The molecule has 1 aromatic rings. The standard InChI is InChI=1S/C22H32F3N3O4S/c23-22(24,25)32-19-7-9-20(10-8-19)33(30,31)26-12-11-21(29)28-14-4-13-27(15-16-28)17-18-5-2-1-3-6-18/h7-10,18,26H,1-6,11-17H2. The molecule has 2 aliphatic rings. The Morgan fingerprint density at radius 3 is 2.36 bits per heavy atom. The summed E-state index contributed by atoms with van der Waals surface area (Å²) in [5.41, 5.74) is 0. The Hall–Kier alpha value is -1.85. The molecule has 33 heavy (non-hydrogen) atoms. The van der Waals surface area contributed by atoms with Crippen LogP contribution in [0.5, 0.6) is 5.75 Å². The summed E-state index contributed by atoms with van der Waals surface area (Å²) < 4.78 is 67.5. The van der Waals surface area contributed by atoms with Gasteiger partial charge in [0.15, 0.2) is 0 Å². The van der Waals surface area contributed by atoms with Crippen LogP contribution in [0.4, 0.5) is 13.2 Å². The van der Waals surface area contributed by atoms with Crippen molar-refractivity contribution in [2.24, 2.45) is 5.92 Å². The smallest absolute Gasteiger partial charge is 0.406 e. The third kappa shape index (κ3) is 8.46. The minimum atomic E-state index is -4.85. The Morgan fingerprint density at radius 2 is 1.70 bits per heavy atom. The molecule has 1 saturated carbocycles. The zero-order valence-corrected chi connectivity index (χ0v) is 19.5. The first kappa shape index (κ1) is 25.8. The highest BCUT2D eigenvalue weighted by molar-refractivity contribution is 7.89. The van der Waals surface area contributed by atoms with Gasteiger partial charge in [-0.05, 0) is 56.0 Å². The fraction of sp³-hybridized carbons (Fsp3) is 0.682. The monoisotopic (exact) mass is 491 g/mol. The lowest BCUT2D eigenvalue weighted by Gasteiger charge is -2.28. The van der Waals surface area contributed by atoms with Gasteiger partial charge in [-0.3, -0.25) is 4.79 Å². The van der Waals surface area contributed by atoms with Crippen molar-refractivity contribution < 1.29 is 31.1 Å². The molecule has 1 aliphatic heterocycles. The predicted molar refractivity (Wildman–Crippen MR) is 117 cm³/mol. The highest BCUT2D eigenvalue weighted by Gasteiger charge is 2.31. The van der Waals surface area contributed by atoms with Crippen molar-refractivity contribution in [3.05, 3.63) is 24.3 Å². The molecule has 1 aromatic carbocycles. The SMILES string of the molecule is O=C(CCNS(=O)(=O)c1ccc(OC(F)(F)F)cc1)N1CCCN(CC2CCCCC2)CC1. The molecular formula is C22H32F3N3O4S. The molecule has 0 aromatic heterocycles. The van der Waals surface area contributed by atoms with Crippen LogP contribution in [-0.4, -0.2) is 69.8 Å². The molecule has 1 aliphatic carbocycles. The van der Waals surface area contributed by atoms with Crippen LogP contribution in [0.25, 0.3) is 0 Å². The highest BCUT2D eigenvalue weighted by Crippen LogP contribution is 2.25. The van der Waals surface area contributed by atoms with Gasteiger partial charge in [0.1, 0.15) is 5.75 Å².